The molecule has 10 heteroatoms. The molecule has 0 bridgehead atoms. The zero-order valence-electron chi connectivity index (χ0n) is 17.3. The second-order valence-corrected chi connectivity index (χ2v) is 7.91. The summed E-state index contributed by atoms with van der Waals surface area (Å²) < 4.78 is 80.9. The SMILES string of the molecule is COc1c([C@H]2[C@H](c3nc4ccccc4c(=O)[nH]3)O[C@@](C)(C(F)(F)F)[C@H]2C)ccc(F)c1F. The molecule has 170 valence electrons. The average Bonchev–Trinajstić information content (AvgIpc) is 3.02. The molecule has 1 aliphatic heterocycles. The summed E-state index contributed by atoms with van der Waals surface area (Å²) >= 11 is 0. The number of nitrogens with zero attached hydrogens (tertiary/aromatic N) is 1. The van der Waals surface area contributed by atoms with E-state index in [1.54, 1.807) is 18.2 Å². The van der Waals surface area contributed by atoms with Gasteiger partial charge in [-0.3, -0.25) is 4.79 Å². The van der Waals surface area contributed by atoms with Gasteiger partial charge in [-0.25, -0.2) is 9.37 Å². The van der Waals surface area contributed by atoms with Crippen molar-refractivity contribution in [1.29, 1.82) is 0 Å². The van der Waals surface area contributed by atoms with E-state index in [1.165, 1.54) is 13.0 Å². The first kappa shape index (κ1) is 22.2. The van der Waals surface area contributed by atoms with E-state index in [0.29, 0.717) is 0 Å². The Bertz CT molecular complexity index is 1240. The Balaban J connectivity index is 1.96. The standard InChI is InChI=1S/C22H19F5N2O3/c1-10-15(12-8-9-13(23)16(24)17(12)31-3)18(32-21(10,2)22(25,26)27)19-28-14-7-5-4-6-11(14)20(30)29-19/h4-10,15,18H,1-3H3,(H,28,29,30)/t10-,15-,18+,21+/m0/s1. The number of fused-ring (bicyclic) bond motifs is 1. The first-order valence-corrected chi connectivity index (χ1v) is 9.75. The van der Waals surface area contributed by atoms with Gasteiger partial charge in [-0.1, -0.05) is 25.1 Å². The second kappa shape index (κ2) is 7.54. The minimum Gasteiger partial charge on any atom is -0.493 e. The Morgan fingerprint density at radius 1 is 1.16 bits per heavy atom. The van der Waals surface area contributed by atoms with Gasteiger partial charge in [-0.05, 0) is 25.1 Å². The van der Waals surface area contributed by atoms with Crippen LogP contribution >= 0.6 is 0 Å². The van der Waals surface area contributed by atoms with Gasteiger partial charge in [0.2, 0.25) is 5.82 Å². The molecule has 3 aromatic rings. The molecule has 4 rings (SSSR count). The number of para-hydroxylation sites is 1. The summed E-state index contributed by atoms with van der Waals surface area (Å²) in [6.45, 7) is 2.19. The number of aromatic amines is 1. The molecular weight excluding hydrogens is 435 g/mol. The number of alkyl halides is 3. The number of ether oxygens (including phenoxy) is 2. The Labute approximate surface area is 179 Å². The first-order valence-electron chi connectivity index (χ1n) is 9.75. The molecule has 0 saturated carbocycles. The molecule has 1 N–H and O–H groups in total. The molecule has 0 radical (unpaired) electrons. The normalized spacial score (nSPS) is 25.9. The van der Waals surface area contributed by atoms with Crippen LogP contribution < -0.4 is 10.3 Å². The van der Waals surface area contributed by atoms with Crippen molar-refractivity contribution in [2.75, 3.05) is 7.11 Å². The summed E-state index contributed by atoms with van der Waals surface area (Å²) in [5.74, 6) is -5.62. The Kier molecular flexibility index (Phi) is 5.23. The predicted molar refractivity (Wildman–Crippen MR) is 105 cm³/mol. The van der Waals surface area contributed by atoms with E-state index in [9.17, 15) is 26.7 Å². The highest BCUT2D eigenvalue weighted by Gasteiger charge is 2.65. The molecule has 5 nitrogen and oxygen atoms in total. The van der Waals surface area contributed by atoms with Crippen LogP contribution in [0.4, 0.5) is 22.0 Å². The van der Waals surface area contributed by atoms with Crippen LogP contribution in [0, 0.1) is 17.6 Å². The number of hydrogen-bond acceptors (Lipinski definition) is 4. The van der Waals surface area contributed by atoms with E-state index in [0.717, 1.165) is 26.2 Å². The van der Waals surface area contributed by atoms with Crippen LogP contribution in [0.5, 0.6) is 5.75 Å². The van der Waals surface area contributed by atoms with Crippen LogP contribution in [0.15, 0.2) is 41.2 Å². The molecule has 0 unspecified atom stereocenters. The Morgan fingerprint density at radius 2 is 1.84 bits per heavy atom. The second-order valence-electron chi connectivity index (χ2n) is 7.91. The number of hydrogen-bond donors (Lipinski definition) is 1. The van der Waals surface area contributed by atoms with Crippen molar-refractivity contribution in [3.8, 4) is 5.75 Å². The van der Waals surface area contributed by atoms with Crippen LogP contribution in [-0.2, 0) is 4.74 Å². The van der Waals surface area contributed by atoms with E-state index in [1.807, 2.05) is 0 Å². The number of rotatable bonds is 3. The third kappa shape index (κ3) is 3.24. The highest BCUT2D eigenvalue weighted by atomic mass is 19.4. The van der Waals surface area contributed by atoms with Crippen molar-refractivity contribution in [2.45, 2.75) is 37.6 Å². The molecule has 1 aromatic heterocycles. The summed E-state index contributed by atoms with van der Waals surface area (Å²) in [5.41, 5.74) is -2.96. The molecule has 1 fully saturated rings. The smallest absolute Gasteiger partial charge is 0.417 e. The first-order chi connectivity index (χ1) is 15.0. The lowest BCUT2D eigenvalue weighted by molar-refractivity contribution is -0.275. The summed E-state index contributed by atoms with van der Waals surface area (Å²) in [4.78, 5) is 19.4. The fraction of sp³-hybridized carbons (Fsp3) is 0.364. The van der Waals surface area contributed by atoms with Crippen LogP contribution in [0.1, 0.15) is 37.3 Å². The molecule has 2 heterocycles. The topological polar surface area (TPSA) is 64.2 Å². The van der Waals surface area contributed by atoms with Gasteiger partial charge in [0.1, 0.15) is 11.9 Å². The van der Waals surface area contributed by atoms with Gasteiger partial charge in [0.05, 0.1) is 18.0 Å². The highest BCUT2D eigenvalue weighted by Crippen LogP contribution is 2.59. The Hall–Kier alpha value is -3.01. The monoisotopic (exact) mass is 454 g/mol. The van der Waals surface area contributed by atoms with Crippen molar-refractivity contribution in [3.05, 3.63) is 69.8 Å². The van der Waals surface area contributed by atoms with Gasteiger partial charge in [-0.15, -0.1) is 0 Å². The maximum Gasteiger partial charge on any atom is 0.417 e. The van der Waals surface area contributed by atoms with Crippen molar-refractivity contribution in [2.24, 2.45) is 5.92 Å². The third-order valence-corrected chi connectivity index (χ3v) is 6.21. The van der Waals surface area contributed by atoms with Crippen LogP contribution in [-0.4, -0.2) is 28.9 Å². The molecule has 2 aromatic carbocycles. The molecule has 32 heavy (non-hydrogen) atoms. The maximum atomic E-state index is 14.4. The minimum atomic E-state index is -4.79. The quantitative estimate of drug-likeness (QED) is 0.565. The largest absolute Gasteiger partial charge is 0.493 e. The number of halogens is 5. The number of benzene rings is 2. The van der Waals surface area contributed by atoms with Crippen molar-refractivity contribution in [1.82, 2.24) is 9.97 Å². The maximum absolute atomic E-state index is 14.4. The zero-order chi connectivity index (χ0) is 23.4. The van der Waals surface area contributed by atoms with Gasteiger partial charge < -0.3 is 14.5 Å². The highest BCUT2D eigenvalue weighted by molar-refractivity contribution is 5.77. The van der Waals surface area contributed by atoms with Crippen LogP contribution in [0.25, 0.3) is 10.9 Å². The van der Waals surface area contributed by atoms with Crippen LogP contribution in [0.2, 0.25) is 0 Å². The third-order valence-electron chi connectivity index (χ3n) is 6.21. The summed E-state index contributed by atoms with van der Waals surface area (Å²) in [6.07, 6.45) is -6.20. The van der Waals surface area contributed by atoms with E-state index in [4.69, 9.17) is 9.47 Å². The van der Waals surface area contributed by atoms with Gasteiger partial charge in [0.25, 0.3) is 5.56 Å². The summed E-state index contributed by atoms with van der Waals surface area (Å²) in [7, 11) is 1.09. The molecule has 1 aliphatic rings. The van der Waals surface area contributed by atoms with E-state index in [2.05, 4.69) is 9.97 Å². The zero-order valence-corrected chi connectivity index (χ0v) is 17.3. The fourth-order valence-electron chi connectivity index (χ4n) is 4.29. The summed E-state index contributed by atoms with van der Waals surface area (Å²) in [6, 6.07) is 8.31. The van der Waals surface area contributed by atoms with Crippen molar-refractivity contribution >= 4 is 10.9 Å². The lowest BCUT2D eigenvalue weighted by Gasteiger charge is -2.32. The lowest BCUT2D eigenvalue weighted by Crippen LogP contribution is -2.46. The molecule has 0 spiro atoms. The van der Waals surface area contributed by atoms with Gasteiger partial charge in [0, 0.05) is 17.4 Å². The van der Waals surface area contributed by atoms with Gasteiger partial charge in [0.15, 0.2) is 17.2 Å². The van der Waals surface area contributed by atoms with E-state index in [-0.39, 0.29) is 22.3 Å². The molecule has 1 saturated heterocycles. The average molecular weight is 454 g/mol. The van der Waals surface area contributed by atoms with E-state index >= 15 is 0 Å². The van der Waals surface area contributed by atoms with Gasteiger partial charge >= 0.3 is 6.18 Å². The van der Waals surface area contributed by atoms with Gasteiger partial charge in [-0.2, -0.15) is 17.6 Å². The van der Waals surface area contributed by atoms with Crippen LogP contribution in [0.3, 0.4) is 0 Å². The number of H-pyrrole nitrogens is 1. The number of aromatic nitrogens is 2. The molecular formula is C22H19F5N2O3. The van der Waals surface area contributed by atoms with E-state index < -0.39 is 52.7 Å². The fourth-order valence-corrected chi connectivity index (χ4v) is 4.29. The molecule has 0 aliphatic carbocycles. The molecule has 4 atom stereocenters. The Morgan fingerprint density at radius 3 is 2.50 bits per heavy atom. The lowest BCUT2D eigenvalue weighted by atomic mass is 9.77. The molecule has 0 amide bonds. The minimum absolute atomic E-state index is 0.0207. The summed E-state index contributed by atoms with van der Waals surface area (Å²) in [5, 5.41) is 0.253. The number of methoxy groups -OCH3 is 1. The van der Waals surface area contributed by atoms with Crippen molar-refractivity contribution < 1.29 is 31.4 Å². The van der Waals surface area contributed by atoms with Crippen molar-refractivity contribution in [3.63, 3.8) is 0 Å². The number of nitrogens with one attached hydrogen (secondary N) is 1. The predicted octanol–water partition coefficient (Wildman–Crippen LogP) is 5.02.